The summed E-state index contributed by atoms with van der Waals surface area (Å²) in [6.45, 7) is 0. The summed E-state index contributed by atoms with van der Waals surface area (Å²) < 4.78 is 7.06. The van der Waals surface area contributed by atoms with E-state index >= 15 is 0 Å². The van der Waals surface area contributed by atoms with Gasteiger partial charge in [-0.05, 0) is 41.6 Å². The van der Waals surface area contributed by atoms with Gasteiger partial charge in [0.25, 0.3) is 5.91 Å². The number of aromatic amines is 1. The number of aryl methyl sites for hydroxylation is 1. The summed E-state index contributed by atoms with van der Waals surface area (Å²) >= 11 is 0. The van der Waals surface area contributed by atoms with Crippen molar-refractivity contribution in [3.63, 3.8) is 0 Å². The molecule has 4 aromatic rings. The van der Waals surface area contributed by atoms with Gasteiger partial charge in [0.05, 0.1) is 29.9 Å². The Bertz CT molecular complexity index is 1220. The Balaban J connectivity index is 1.72. The Morgan fingerprint density at radius 1 is 1.25 bits per heavy atom. The van der Waals surface area contributed by atoms with Gasteiger partial charge in [0, 0.05) is 24.1 Å². The van der Waals surface area contributed by atoms with E-state index in [0.29, 0.717) is 28.3 Å². The van der Waals surface area contributed by atoms with E-state index in [2.05, 4.69) is 32.0 Å². The maximum absolute atomic E-state index is 12.9. The molecule has 2 aromatic carbocycles. The Labute approximate surface area is 159 Å². The van der Waals surface area contributed by atoms with Crippen LogP contribution in [0.3, 0.4) is 0 Å². The van der Waals surface area contributed by atoms with Crippen molar-refractivity contribution in [2.75, 3.05) is 12.4 Å². The molecule has 2 heterocycles. The van der Waals surface area contributed by atoms with E-state index < -0.39 is 0 Å². The molecule has 0 aliphatic rings. The van der Waals surface area contributed by atoms with Gasteiger partial charge in [0.15, 0.2) is 0 Å². The van der Waals surface area contributed by atoms with Crippen LogP contribution in [0.2, 0.25) is 0 Å². The van der Waals surface area contributed by atoms with Crippen LogP contribution in [0.15, 0.2) is 42.5 Å². The molecule has 0 aliphatic heterocycles. The van der Waals surface area contributed by atoms with Gasteiger partial charge in [-0.3, -0.25) is 4.79 Å². The number of carbonyl (C=O) groups excluding carboxylic acids is 1. The fourth-order valence-corrected chi connectivity index (χ4v) is 3.02. The number of hydrogen-bond acceptors (Lipinski definition) is 6. The Morgan fingerprint density at radius 2 is 2.11 bits per heavy atom. The lowest BCUT2D eigenvalue weighted by Crippen LogP contribution is -2.16. The smallest absolute Gasteiger partial charge is 0.272 e. The monoisotopic (exact) mass is 373 g/mol. The molecule has 0 atom stereocenters. The number of nitriles is 1. The fraction of sp³-hybridized carbons (Fsp3) is 0.105. The van der Waals surface area contributed by atoms with Crippen molar-refractivity contribution in [1.82, 2.24) is 25.2 Å². The van der Waals surface area contributed by atoms with Crippen molar-refractivity contribution < 1.29 is 9.53 Å². The van der Waals surface area contributed by atoms with Crippen LogP contribution in [0.4, 0.5) is 5.69 Å². The lowest BCUT2D eigenvalue weighted by Gasteiger charge is -2.10. The highest BCUT2D eigenvalue weighted by Gasteiger charge is 2.17. The Morgan fingerprint density at radius 3 is 2.82 bits per heavy atom. The van der Waals surface area contributed by atoms with Crippen molar-refractivity contribution >= 4 is 22.5 Å². The summed E-state index contributed by atoms with van der Waals surface area (Å²) in [5.74, 6) is 0.702. The predicted molar refractivity (Wildman–Crippen MR) is 102 cm³/mol. The molecule has 28 heavy (non-hydrogen) atoms. The standard InChI is InChI=1S/C19H15N7O2/c1-26-16-9-13(28-2)5-4-12(16)8-17(26)19(27)21-15-6-3-11(10-20)7-14(15)18-22-24-25-23-18/h3-9H,1-2H3,(H,21,27)(H,22,23,24,25). The molecule has 0 saturated carbocycles. The van der Waals surface area contributed by atoms with Crippen LogP contribution >= 0.6 is 0 Å². The van der Waals surface area contributed by atoms with Crippen molar-refractivity contribution in [1.29, 1.82) is 5.26 Å². The number of carbonyl (C=O) groups is 1. The number of aromatic nitrogens is 5. The molecule has 0 unspecified atom stereocenters. The van der Waals surface area contributed by atoms with E-state index in [4.69, 9.17) is 10.00 Å². The normalized spacial score (nSPS) is 10.6. The van der Waals surface area contributed by atoms with Crippen molar-refractivity contribution in [2.45, 2.75) is 0 Å². The van der Waals surface area contributed by atoms with Crippen molar-refractivity contribution in [3.05, 3.63) is 53.7 Å². The molecule has 0 bridgehead atoms. The number of hydrogen-bond donors (Lipinski definition) is 2. The highest BCUT2D eigenvalue weighted by atomic mass is 16.5. The summed E-state index contributed by atoms with van der Waals surface area (Å²) in [6.07, 6.45) is 0. The second kappa shape index (κ2) is 6.85. The second-order valence-corrected chi connectivity index (χ2v) is 6.08. The second-order valence-electron chi connectivity index (χ2n) is 6.08. The van der Waals surface area contributed by atoms with Crippen LogP contribution in [0.1, 0.15) is 16.1 Å². The van der Waals surface area contributed by atoms with E-state index in [1.54, 1.807) is 29.9 Å². The summed E-state index contributed by atoms with van der Waals surface area (Å²) in [4.78, 5) is 12.9. The topological polar surface area (TPSA) is 122 Å². The highest BCUT2D eigenvalue weighted by molar-refractivity contribution is 6.08. The van der Waals surface area contributed by atoms with Crippen LogP contribution in [0.25, 0.3) is 22.3 Å². The van der Waals surface area contributed by atoms with Crippen LogP contribution in [0, 0.1) is 11.3 Å². The molecule has 138 valence electrons. The Hall–Kier alpha value is -4.19. The molecular weight excluding hydrogens is 358 g/mol. The molecule has 0 saturated heterocycles. The first-order valence-corrected chi connectivity index (χ1v) is 8.33. The van der Waals surface area contributed by atoms with Crippen molar-refractivity contribution in [2.24, 2.45) is 7.05 Å². The largest absolute Gasteiger partial charge is 0.497 e. The molecular formula is C19H15N7O2. The summed E-state index contributed by atoms with van der Waals surface area (Å²) in [5, 5.41) is 26.8. The first kappa shape index (κ1) is 17.2. The summed E-state index contributed by atoms with van der Waals surface area (Å²) in [7, 11) is 3.41. The Kier molecular flexibility index (Phi) is 4.21. The van der Waals surface area contributed by atoms with Gasteiger partial charge >= 0.3 is 0 Å². The lowest BCUT2D eigenvalue weighted by molar-refractivity contribution is 0.102. The molecule has 0 radical (unpaired) electrons. The number of ether oxygens (including phenoxy) is 1. The predicted octanol–water partition coefficient (Wildman–Crippen LogP) is 2.49. The summed E-state index contributed by atoms with van der Waals surface area (Å²) in [6, 6.07) is 14.4. The maximum Gasteiger partial charge on any atom is 0.272 e. The molecule has 2 aromatic heterocycles. The van der Waals surface area contributed by atoms with Gasteiger partial charge in [0.2, 0.25) is 5.82 Å². The third-order valence-corrected chi connectivity index (χ3v) is 4.47. The van der Waals surface area contributed by atoms with Gasteiger partial charge < -0.3 is 14.6 Å². The zero-order valence-electron chi connectivity index (χ0n) is 15.1. The SMILES string of the molecule is COc1ccc2cc(C(=O)Nc3ccc(C#N)cc3-c3nn[nH]n3)n(C)c2c1. The number of nitrogens with one attached hydrogen (secondary N) is 2. The van der Waals surface area contributed by atoms with E-state index in [9.17, 15) is 4.79 Å². The molecule has 1 amide bonds. The molecule has 2 N–H and O–H groups in total. The minimum atomic E-state index is -0.299. The third-order valence-electron chi connectivity index (χ3n) is 4.47. The van der Waals surface area contributed by atoms with Crippen LogP contribution < -0.4 is 10.1 Å². The van der Waals surface area contributed by atoms with E-state index in [-0.39, 0.29) is 11.7 Å². The van der Waals surface area contributed by atoms with E-state index in [1.807, 2.05) is 31.3 Å². The number of methoxy groups -OCH3 is 1. The molecule has 9 heteroatoms. The maximum atomic E-state index is 12.9. The molecule has 0 spiro atoms. The summed E-state index contributed by atoms with van der Waals surface area (Å²) in [5.41, 5.74) is 2.76. The average molecular weight is 373 g/mol. The average Bonchev–Trinajstić information content (AvgIpc) is 3.36. The van der Waals surface area contributed by atoms with E-state index in [0.717, 1.165) is 10.9 Å². The first-order chi connectivity index (χ1) is 13.6. The number of fused-ring (bicyclic) bond motifs is 1. The minimum absolute atomic E-state index is 0.286. The zero-order chi connectivity index (χ0) is 19.7. The van der Waals surface area contributed by atoms with Crippen molar-refractivity contribution in [3.8, 4) is 23.2 Å². The van der Waals surface area contributed by atoms with E-state index in [1.165, 1.54) is 0 Å². The van der Waals surface area contributed by atoms with Crippen LogP contribution in [0.5, 0.6) is 5.75 Å². The number of tetrazole rings is 1. The highest BCUT2D eigenvalue weighted by Crippen LogP contribution is 2.28. The number of rotatable bonds is 4. The number of amides is 1. The third kappa shape index (κ3) is 2.93. The van der Waals surface area contributed by atoms with Gasteiger partial charge in [-0.15, -0.1) is 10.2 Å². The molecule has 0 aliphatic carbocycles. The van der Waals surface area contributed by atoms with Gasteiger partial charge in [-0.2, -0.15) is 10.5 Å². The van der Waals surface area contributed by atoms with Gasteiger partial charge in [0.1, 0.15) is 11.4 Å². The number of nitrogens with zero attached hydrogens (tertiary/aromatic N) is 5. The molecule has 0 fully saturated rings. The zero-order valence-corrected chi connectivity index (χ0v) is 15.1. The number of anilines is 1. The van der Waals surface area contributed by atoms with Crippen LogP contribution in [-0.4, -0.2) is 38.2 Å². The minimum Gasteiger partial charge on any atom is -0.497 e. The van der Waals surface area contributed by atoms with Gasteiger partial charge in [-0.25, -0.2) is 0 Å². The number of benzene rings is 2. The molecule has 9 nitrogen and oxygen atoms in total. The lowest BCUT2D eigenvalue weighted by atomic mass is 10.1. The van der Waals surface area contributed by atoms with Crippen LogP contribution in [-0.2, 0) is 7.05 Å². The fourth-order valence-electron chi connectivity index (χ4n) is 3.02. The quantitative estimate of drug-likeness (QED) is 0.567. The first-order valence-electron chi connectivity index (χ1n) is 8.33. The number of H-pyrrole nitrogens is 1. The molecule has 4 rings (SSSR count). The van der Waals surface area contributed by atoms with Gasteiger partial charge in [-0.1, -0.05) is 0 Å².